The van der Waals surface area contributed by atoms with Crippen LogP contribution in [0.5, 0.6) is 0 Å². The van der Waals surface area contributed by atoms with E-state index in [1.165, 1.54) is 11.0 Å². The minimum absolute atomic E-state index is 0. The Hall–Kier alpha value is -1.92. The quantitative estimate of drug-likeness (QED) is 0.518. The van der Waals surface area contributed by atoms with E-state index in [0.717, 1.165) is 25.8 Å². The second-order valence-corrected chi connectivity index (χ2v) is 5.88. The van der Waals surface area contributed by atoms with Crippen LogP contribution in [0, 0.1) is 0 Å². The summed E-state index contributed by atoms with van der Waals surface area (Å²) in [5, 5.41) is 6.01. The van der Waals surface area contributed by atoms with Crippen LogP contribution in [0.25, 0.3) is 0 Å². The molecule has 2 rings (SSSR count). The summed E-state index contributed by atoms with van der Waals surface area (Å²) in [5.74, 6) is -0.801. The smallest absolute Gasteiger partial charge is 0.261 e. The van der Waals surface area contributed by atoms with Crippen LogP contribution in [-0.2, 0) is 0 Å². The molecule has 1 aliphatic rings. The zero-order valence-corrected chi connectivity index (χ0v) is 15.6. The first-order chi connectivity index (χ1) is 11.6. The van der Waals surface area contributed by atoms with Crippen molar-refractivity contribution in [2.75, 3.05) is 26.2 Å². The Morgan fingerprint density at radius 2 is 1.72 bits per heavy atom. The van der Waals surface area contributed by atoms with Crippen molar-refractivity contribution in [1.82, 2.24) is 15.5 Å². The summed E-state index contributed by atoms with van der Waals surface area (Å²) < 4.78 is 0. The van der Waals surface area contributed by atoms with Crippen LogP contribution in [0.1, 0.15) is 64.2 Å². The molecule has 25 heavy (non-hydrogen) atoms. The fourth-order valence-electron chi connectivity index (χ4n) is 2.62. The van der Waals surface area contributed by atoms with Gasteiger partial charge in [0.1, 0.15) is 0 Å². The van der Waals surface area contributed by atoms with Crippen molar-refractivity contribution < 1.29 is 14.4 Å². The lowest BCUT2D eigenvalue weighted by Gasteiger charge is -2.12. The molecular formula is C18H26ClN3O3. The van der Waals surface area contributed by atoms with Gasteiger partial charge in [-0.25, -0.2) is 0 Å². The van der Waals surface area contributed by atoms with Gasteiger partial charge < -0.3 is 10.6 Å². The number of nitrogens with one attached hydrogen (secondary N) is 2. The predicted octanol–water partition coefficient (Wildman–Crippen LogP) is 2.23. The topological polar surface area (TPSA) is 78.5 Å². The third kappa shape index (κ3) is 5.03. The minimum Gasteiger partial charge on any atom is -0.351 e. The molecule has 1 aromatic carbocycles. The second kappa shape index (κ2) is 10.2. The molecule has 0 unspecified atom stereocenters. The highest BCUT2D eigenvalue weighted by molar-refractivity contribution is 6.22. The van der Waals surface area contributed by atoms with Gasteiger partial charge in [0.2, 0.25) is 0 Å². The van der Waals surface area contributed by atoms with E-state index in [9.17, 15) is 14.4 Å². The third-order valence-electron chi connectivity index (χ3n) is 3.98. The predicted molar refractivity (Wildman–Crippen MR) is 99.5 cm³/mol. The number of fused-ring (bicyclic) bond motifs is 1. The Morgan fingerprint density at radius 3 is 2.40 bits per heavy atom. The number of amides is 3. The van der Waals surface area contributed by atoms with Crippen LogP contribution in [-0.4, -0.2) is 48.8 Å². The molecule has 0 aromatic heterocycles. The fourth-order valence-corrected chi connectivity index (χ4v) is 2.62. The van der Waals surface area contributed by atoms with E-state index >= 15 is 0 Å². The zero-order valence-electron chi connectivity index (χ0n) is 14.8. The summed E-state index contributed by atoms with van der Waals surface area (Å²) in [6.45, 7) is 6.65. The summed E-state index contributed by atoms with van der Waals surface area (Å²) in [7, 11) is 0. The lowest BCUT2D eigenvalue weighted by molar-refractivity contribution is 0.0652. The van der Waals surface area contributed by atoms with Crippen LogP contribution in [0.4, 0.5) is 0 Å². The molecule has 7 heteroatoms. The van der Waals surface area contributed by atoms with Crippen LogP contribution in [0.2, 0.25) is 0 Å². The van der Waals surface area contributed by atoms with Gasteiger partial charge in [0, 0.05) is 25.2 Å². The van der Waals surface area contributed by atoms with Crippen LogP contribution < -0.4 is 10.6 Å². The Morgan fingerprint density at radius 1 is 1.00 bits per heavy atom. The van der Waals surface area contributed by atoms with E-state index < -0.39 is 0 Å². The number of imide groups is 1. The largest absolute Gasteiger partial charge is 0.351 e. The van der Waals surface area contributed by atoms with E-state index in [0.29, 0.717) is 36.3 Å². The minimum atomic E-state index is -0.303. The average Bonchev–Trinajstić information content (AvgIpc) is 2.83. The average molecular weight is 368 g/mol. The maximum Gasteiger partial charge on any atom is 0.261 e. The van der Waals surface area contributed by atoms with Gasteiger partial charge in [-0.05, 0) is 37.6 Å². The maximum absolute atomic E-state index is 12.4. The summed E-state index contributed by atoms with van der Waals surface area (Å²) in [5.41, 5.74) is 1.12. The molecule has 0 bridgehead atoms. The van der Waals surface area contributed by atoms with Crippen molar-refractivity contribution in [1.29, 1.82) is 0 Å². The van der Waals surface area contributed by atoms with Crippen molar-refractivity contribution in [2.24, 2.45) is 0 Å². The molecule has 1 aliphatic heterocycles. The number of nitrogens with zero attached hydrogens (tertiary/aromatic N) is 1. The van der Waals surface area contributed by atoms with Crippen molar-refractivity contribution in [3.63, 3.8) is 0 Å². The standard InChI is InChI=1S/C18H25N3O3.ClH/c1-3-5-11-21-17(23)14-7-6-13(12-15(14)18(21)24)16(22)20-10-9-19-8-4-2;/h6-7,12,19H,3-5,8-11H2,1-2H3,(H,20,22);1H. The highest BCUT2D eigenvalue weighted by Gasteiger charge is 2.35. The van der Waals surface area contributed by atoms with Gasteiger partial charge in [-0.2, -0.15) is 0 Å². The van der Waals surface area contributed by atoms with Crippen LogP contribution in [0.15, 0.2) is 18.2 Å². The highest BCUT2D eigenvalue weighted by atomic mass is 35.5. The molecule has 1 heterocycles. The highest BCUT2D eigenvalue weighted by Crippen LogP contribution is 2.24. The summed E-state index contributed by atoms with van der Waals surface area (Å²) in [6, 6.07) is 4.70. The zero-order chi connectivity index (χ0) is 17.5. The molecule has 0 saturated heterocycles. The summed E-state index contributed by atoms with van der Waals surface area (Å²) in [4.78, 5) is 38.1. The SMILES string of the molecule is CCCCN1C(=O)c2ccc(C(=O)NCCNCCC)cc2C1=O.Cl. The molecule has 0 aliphatic carbocycles. The molecule has 6 nitrogen and oxygen atoms in total. The molecule has 0 atom stereocenters. The van der Waals surface area contributed by atoms with E-state index in [4.69, 9.17) is 0 Å². The Bertz CT molecular complexity index is 634. The normalized spacial score (nSPS) is 12.8. The van der Waals surface area contributed by atoms with Crippen LogP contribution >= 0.6 is 12.4 Å². The Labute approximate surface area is 154 Å². The number of carbonyl (C=O) groups is 3. The van der Waals surface area contributed by atoms with E-state index in [1.807, 2.05) is 6.92 Å². The van der Waals surface area contributed by atoms with Gasteiger partial charge in [0.25, 0.3) is 17.7 Å². The monoisotopic (exact) mass is 367 g/mol. The number of hydrogen-bond acceptors (Lipinski definition) is 4. The van der Waals surface area contributed by atoms with E-state index in [2.05, 4.69) is 17.6 Å². The second-order valence-electron chi connectivity index (χ2n) is 5.88. The molecule has 0 spiro atoms. The number of unbranched alkanes of at least 4 members (excludes halogenated alkanes) is 1. The van der Waals surface area contributed by atoms with E-state index in [1.54, 1.807) is 12.1 Å². The molecule has 0 fully saturated rings. The first-order valence-electron chi connectivity index (χ1n) is 8.59. The first kappa shape index (κ1) is 21.1. The van der Waals surface area contributed by atoms with Gasteiger partial charge >= 0.3 is 0 Å². The molecular weight excluding hydrogens is 342 g/mol. The molecule has 2 N–H and O–H groups in total. The number of carbonyl (C=O) groups excluding carboxylic acids is 3. The lowest BCUT2D eigenvalue weighted by atomic mass is 10.1. The number of benzene rings is 1. The van der Waals surface area contributed by atoms with Gasteiger partial charge in [0.05, 0.1) is 11.1 Å². The molecule has 0 radical (unpaired) electrons. The molecule has 3 amide bonds. The molecule has 1 aromatic rings. The van der Waals surface area contributed by atoms with E-state index in [-0.39, 0.29) is 30.1 Å². The summed E-state index contributed by atoms with van der Waals surface area (Å²) >= 11 is 0. The van der Waals surface area contributed by atoms with Crippen molar-refractivity contribution in [3.05, 3.63) is 34.9 Å². The fraction of sp³-hybridized carbons (Fsp3) is 0.500. The van der Waals surface area contributed by atoms with Crippen molar-refractivity contribution in [2.45, 2.75) is 33.1 Å². The molecule has 0 saturated carbocycles. The number of rotatable bonds is 9. The first-order valence-corrected chi connectivity index (χ1v) is 8.59. The van der Waals surface area contributed by atoms with Gasteiger partial charge in [-0.3, -0.25) is 19.3 Å². The Balaban J connectivity index is 0.00000312. The molecule has 138 valence electrons. The number of halogens is 1. The Kier molecular flexibility index (Phi) is 8.58. The van der Waals surface area contributed by atoms with Gasteiger partial charge in [-0.15, -0.1) is 12.4 Å². The third-order valence-corrected chi connectivity index (χ3v) is 3.98. The lowest BCUT2D eigenvalue weighted by Crippen LogP contribution is -2.32. The van der Waals surface area contributed by atoms with Crippen molar-refractivity contribution in [3.8, 4) is 0 Å². The van der Waals surface area contributed by atoms with Crippen LogP contribution in [0.3, 0.4) is 0 Å². The summed E-state index contributed by atoms with van der Waals surface area (Å²) in [6.07, 6.45) is 2.74. The van der Waals surface area contributed by atoms with Crippen molar-refractivity contribution >= 4 is 30.1 Å². The van der Waals surface area contributed by atoms with Gasteiger partial charge in [-0.1, -0.05) is 20.3 Å². The number of hydrogen-bond donors (Lipinski definition) is 2. The van der Waals surface area contributed by atoms with Gasteiger partial charge in [0.15, 0.2) is 0 Å². The maximum atomic E-state index is 12.4.